The zero-order chi connectivity index (χ0) is 21.8. The minimum Gasteiger partial charge on any atom is -0.504 e. The molecule has 0 fully saturated rings. The van der Waals surface area contributed by atoms with Gasteiger partial charge in [0.25, 0.3) is 5.91 Å². The van der Waals surface area contributed by atoms with Crippen LogP contribution >= 0.6 is 0 Å². The third-order valence-corrected chi connectivity index (χ3v) is 4.73. The lowest BCUT2D eigenvalue weighted by Gasteiger charge is -2.20. The number of hydrogen-bond acceptors (Lipinski definition) is 6. The van der Waals surface area contributed by atoms with Crippen LogP contribution < -0.4 is 14.9 Å². The van der Waals surface area contributed by atoms with Gasteiger partial charge in [0.2, 0.25) is 0 Å². The van der Waals surface area contributed by atoms with Crippen molar-refractivity contribution in [2.45, 2.75) is 0 Å². The molecule has 1 heterocycles. The fraction of sp³-hybridized carbons (Fsp3) is 0.0833. The van der Waals surface area contributed by atoms with E-state index in [0.717, 1.165) is 11.3 Å². The Hall–Kier alpha value is -4.26. The number of anilines is 1. The highest BCUT2D eigenvalue weighted by atomic mass is 16.5. The number of aromatic hydroxyl groups is 1. The first-order valence-corrected chi connectivity index (χ1v) is 9.57. The van der Waals surface area contributed by atoms with Crippen molar-refractivity contribution in [1.29, 1.82) is 0 Å². The second kappa shape index (κ2) is 8.62. The summed E-state index contributed by atoms with van der Waals surface area (Å²) in [6, 6.07) is 21.6. The molecule has 2 N–H and O–H groups in total. The number of aliphatic imine (C=N–C) groups is 1. The van der Waals surface area contributed by atoms with Crippen molar-refractivity contribution in [3.05, 3.63) is 89.6 Å². The minimum absolute atomic E-state index is 0.0265. The smallest absolute Gasteiger partial charge is 0.297 e. The first-order chi connectivity index (χ1) is 15.1. The Morgan fingerprint density at radius 3 is 2.39 bits per heavy atom. The number of rotatable bonds is 6. The summed E-state index contributed by atoms with van der Waals surface area (Å²) in [6.07, 6.45) is 1.66. The van der Waals surface area contributed by atoms with E-state index >= 15 is 0 Å². The van der Waals surface area contributed by atoms with Crippen LogP contribution in [0.3, 0.4) is 0 Å². The molecule has 7 nitrogen and oxygen atoms in total. The SMILES string of the molecule is COc1ccc(NN2C(=O)/C(=C\c3ccc(O)c(OC)c3)N=C2c2ccccc2)cc1. The number of amides is 1. The zero-order valence-electron chi connectivity index (χ0n) is 17.1. The molecule has 31 heavy (non-hydrogen) atoms. The standard InChI is InChI=1S/C24H21N3O4/c1-30-19-11-9-18(10-12-19)26-27-23(17-6-4-3-5-7-17)25-20(24(27)29)14-16-8-13-21(28)22(15-16)31-2/h3-15,26,28H,1-2H3/b20-14+. The molecule has 156 valence electrons. The highest BCUT2D eigenvalue weighted by Gasteiger charge is 2.31. The van der Waals surface area contributed by atoms with E-state index in [1.54, 1.807) is 25.3 Å². The van der Waals surface area contributed by atoms with Crippen LogP contribution in [0, 0.1) is 0 Å². The van der Waals surface area contributed by atoms with Crippen LogP contribution in [0.25, 0.3) is 6.08 Å². The van der Waals surface area contributed by atoms with Crippen molar-refractivity contribution in [3.63, 3.8) is 0 Å². The fourth-order valence-electron chi connectivity index (χ4n) is 3.14. The van der Waals surface area contributed by atoms with Crippen molar-refractivity contribution in [3.8, 4) is 17.2 Å². The Balaban J connectivity index is 1.71. The Morgan fingerprint density at radius 1 is 0.968 bits per heavy atom. The molecule has 0 radical (unpaired) electrons. The highest BCUT2D eigenvalue weighted by Crippen LogP contribution is 2.29. The molecular weight excluding hydrogens is 394 g/mol. The summed E-state index contributed by atoms with van der Waals surface area (Å²) in [5.74, 6) is 1.25. The van der Waals surface area contributed by atoms with Crippen LogP contribution in [-0.4, -0.2) is 36.1 Å². The Kier molecular flexibility index (Phi) is 5.57. The third kappa shape index (κ3) is 4.20. The van der Waals surface area contributed by atoms with Gasteiger partial charge in [-0.25, -0.2) is 4.99 Å². The van der Waals surface area contributed by atoms with E-state index in [1.807, 2.05) is 54.6 Å². The maximum Gasteiger partial charge on any atom is 0.297 e. The van der Waals surface area contributed by atoms with Gasteiger partial charge in [-0.1, -0.05) is 36.4 Å². The van der Waals surface area contributed by atoms with Gasteiger partial charge in [0.1, 0.15) is 11.4 Å². The van der Waals surface area contributed by atoms with E-state index in [0.29, 0.717) is 22.8 Å². The number of ether oxygens (including phenoxy) is 2. The summed E-state index contributed by atoms with van der Waals surface area (Å²) in [7, 11) is 3.07. The molecular formula is C24H21N3O4. The van der Waals surface area contributed by atoms with E-state index in [9.17, 15) is 9.90 Å². The first kappa shape index (κ1) is 20.0. The molecule has 0 unspecified atom stereocenters. The molecule has 1 aliphatic heterocycles. The summed E-state index contributed by atoms with van der Waals surface area (Å²) < 4.78 is 10.3. The van der Waals surface area contributed by atoms with Crippen LogP contribution in [0.5, 0.6) is 17.2 Å². The average molecular weight is 415 g/mol. The number of amidine groups is 1. The van der Waals surface area contributed by atoms with Crippen LogP contribution in [0.4, 0.5) is 5.69 Å². The van der Waals surface area contributed by atoms with Crippen LogP contribution in [0.1, 0.15) is 11.1 Å². The molecule has 0 saturated heterocycles. The Bertz CT molecular complexity index is 1160. The number of methoxy groups -OCH3 is 2. The first-order valence-electron chi connectivity index (χ1n) is 9.57. The van der Waals surface area contributed by atoms with Crippen molar-refractivity contribution in [2.75, 3.05) is 19.6 Å². The Morgan fingerprint density at radius 2 is 1.71 bits per heavy atom. The van der Waals surface area contributed by atoms with Gasteiger partial charge in [-0.3, -0.25) is 10.2 Å². The molecule has 0 atom stereocenters. The highest BCUT2D eigenvalue weighted by molar-refractivity contribution is 6.20. The van der Waals surface area contributed by atoms with Crippen LogP contribution in [0.2, 0.25) is 0 Å². The fourth-order valence-corrected chi connectivity index (χ4v) is 3.14. The minimum atomic E-state index is -0.304. The number of benzene rings is 3. The monoisotopic (exact) mass is 415 g/mol. The predicted molar refractivity (Wildman–Crippen MR) is 119 cm³/mol. The molecule has 7 heteroatoms. The van der Waals surface area contributed by atoms with E-state index in [2.05, 4.69) is 10.4 Å². The van der Waals surface area contributed by atoms with Gasteiger partial charge in [0, 0.05) is 5.56 Å². The number of carbonyl (C=O) groups excluding carboxylic acids is 1. The van der Waals surface area contributed by atoms with Crippen molar-refractivity contribution in [2.24, 2.45) is 4.99 Å². The molecule has 0 aliphatic carbocycles. The van der Waals surface area contributed by atoms with Crippen LogP contribution in [-0.2, 0) is 4.79 Å². The topological polar surface area (TPSA) is 83.4 Å². The lowest BCUT2D eigenvalue weighted by Crippen LogP contribution is -2.37. The van der Waals surface area contributed by atoms with E-state index < -0.39 is 0 Å². The number of nitrogens with zero attached hydrogens (tertiary/aromatic N) is 2. The summed E-state index contributed by atoms with van der Waals surface area (Å²) in [6.45, 7) is 0. The maximum atomic E-state index is 13.2. The zero-order valence-corrected chi connectivity index (χ0v) is 17.1. The van der Waals surface area contributed by atoms with E-state index in [1.165, 1.54) is 18.2 Å². The predicted octanol–water partition coefficient (Wildman–Crippen LogP) is 4.07. The number of hydrogen-bond donors (Lipinski definition) is 2. The third-order valence-electron chi connectivity index (χ3n) is 4.73. The molecule has 3 aromatic rings. The van der Waals surface area contributed by atoms with Gasteiger partial charge in [0.15, 0.2) is 17.3 Å². The largest absolute Gasteiger partial charge is 0.504 e. The van der Waals surface area contributed by atoms with Crippen LogP contribution in [0.15, 0.2) is 83.5 Å². The number of carbonyl (C=O) groups is 1. The molecule has 0 spiro atoms. The van der Waals surface area contributed by atoms with Crippen molar-refractivity contribution < 1.29 is 19.4 Å². The summed E-state index contributed by atoms with van der Waals surface area (Å²) in [5, 5.41) is 11.2. The normalized spacial score (nSPS) is 14.5. The maximum absolute atomic E-state index is 13.2. The number of phenolic OH excluding ortho intramolecular Hbond substituents is 1. The van der Waals surface area contributed by atoms with E-state index in [-0.39, 0.29) is 17.4 Å². The van der Waals surface area contributed by atoms with Gasteiger partial charge in [-0.15, -0.1) is 0 Å². The van der Waals surface area contributed by atoms with Gasteiger partial charge >= 0.3 is 0 Å². The molecule has 4 rings (SSSR count). The van der Waals surface area contributed by atoms with Crippen molar-refractivity contribution in [1.82, 2.24) is 5.01 Å². The van der Waals surface area contributed by atoms with Gasteiger partial charge in [-0.05, 0) is 48.0 Å². The average Bonchev–Trinajstić information content (AvgIpc) is 3.11. The molecule has 3 aromatic carbocycles. The summed E-state index contributed by atoms with van der Waals surface area (Å²) in [5.41, 5.74) is 5.58. The van der Waals surface area contributed by atoms with Gasteiger partial charge in [0.05, 0.1) is 19.9 Å². The number of nitrogens with one attached hydrogen (secondary N) is 1. The second-order valence-corrected chi connectivity index (χ2v) is 6.74. The van der Waals surface area contributed by atoms with Gasteiger partial charge < -0.3 is 14.6 Å². The quantitative estimate of drug-likeness (QED) is 0.593. The summed E-state index contributed by atoms with van der Waals surface area (Å²) >= 11 is 0. The lowest BCUT2D eigenvalue weighted by atomic mass is 10.1. The molecule has 1 amide bonds. The molecule has 0 bridgehead atoms. The second-order valence-electron chi connectivity index (χ2n) is 6.74. The van der Waals surface area contributed by atoms with E-state index in [4.69, 9.17) is 9.47 Å². The molecule has 0 aromatic heterocycles. The number of hydrazine groups is 1. The molecule has 0 saturated carbocycles. The number of phenols is 1. The Labute approximate surface area is 179 Å². The van der Waals surface area contributed by atoms with Gasteiger partial charge in [-0.2, -0.15) is 5.01 Å². The lowest BCUT2D eigenvalue weighted by molar-refractivity contribution is -0.121. The molecule has 1 aliphatic rings. The van der Waals surface area contributed by atoms with Crippen molar-refractivity contribution >= 4 is 23.5 Å². The summed E-state index contributed by atoms with van der Waals surface area (Å²) in [4.78, 5) is 17.8.